The molecule has 0 aliphatic heterocycles. The minimum atomic E-state index is -3.68. The molecule has 3 N–H and O–H groups in total. The van der Waals surface area contributed by atoms with E-state index in [9.17, 15) is 8.42 Å². The number of anilines is 1. The predicted molar refractivity (Wildman–Crippen MR) is 73.4 cm³/mol. The van der Waals surface area contributed by atoms with Crippen LogP contribution in [0.15, 0.2) is 17.0 Å². The molecule has 4 nitrogen and oxygen atoms in total. The number of benzene rings is 1. The van der Waals surface area contributed by atoms with Crippen LogP contribution in [0.25, 0.3) is 0 Å². The topological polar surface area (TPSA) is 72.2 Å². The van der Waals surface area contributed by atoms with Crippen LogP contribution in [0, 0.1) is 5.92 Å². The SMILES string of the molecule is Nc1cc(Cl)c(S(=O)(=O)NCCC2CC2)c(Cl)c1. The standard InChI is InChI=1S/C11H14Cl2N2O2S/c12-9-5-8(14)6-10(13)11(9)18(16,17)15-4-3-7-1-2-7/h5-7,15H,1-4,14H2. The van der Waals surface area contributed by atoms with Crippen LogP contribution in [0.5, 0.6) is 0 Å². The van der Waals surface area contributed by atoms with E-state index in [0.717, 1.165) is 6.42 Å². The Hall–Kier alpha value is -0.490. The summed E-state index contributed by atoms with van der Waals surface area (Å²) in [6.45, 7) is 0.407. The summed E-state index contributed by atoms with van der Waals surface area (Å²) in [7, 11) is -3.68. The second-order valence-electron chi connectivity index (χ2n) is 4.44. The van der Waals surface area contributed by atoms with Crippen molar-refractivity contribution in [3.63, 3.8) is 0 Å². The Bertz CT molecular complexity index is 533. The molecule has 0 radical (unpaired) electrons. The van der Waals surface area contributed by atoms with Crippen molar-refractivity contribution in [1.29, 1.82) is 0 Å². The van der Waals surface area contributed by atoms with Crippen molar-refractivity contribution < 1.29 is 8.42 Å². The van der Waals surface area contributed by atoms with E-state index in [1.165, 1.54) is 25.0 Å². The Labute approximate surface area is 117 Å². The molecule has 1 aliphatic carbocycles. The second kappa shape index (κ2) is 5.25. The van der Waals surface area contributed by atoms with Crippen molar-refractivity contribution in [2.75, 3.05) is 12.3 Å². The molecule has 2 rings (SSSR count). The lowest BCUT2D eigenvalue weighted by Crippen LogP contribution is -2.25. The van der Waals surface area contributed by atoms with Gasteiger partial charge in [0.15, 0.2) is 0 Å². The Morgan fingerprint density at radius 1 is 1.28 bits per heavy atom. The Balaban J connectivity index is 2.17. The largest absolute Gasteiger partial charge is 0.399 e. The van der Waals surface area contributed by atoms with Crippen LogP contribution in [0.1, 0.15) is 19.3 Å². The van der Waals surface area contributed by atoms with Crippen LogP contribution in [0.3, 0.4) is 0 Å². The van der Waals surface area contributed by atoms with Gasteiger partial charge in [-0.2, -0.15) is 0 Å². The highest BCUT2D eigenvalue weighted by atomic mass is 35.5. The van der Waals surface area contributed by atoms with Crippen molar-refractivity contribution in [2.24, 2.45) is 5.92 Å². The minimum absolute atomic E-state index is 0.0407. The number of hydrogen-bond donors (Lipinski definition) is 2. The van der Waals surface area contributed by atoms with Gasteiger partial charge in [0, 0.05) is 12.2 Å². The summed E-state index contributed by atoms with van der Waals surface area (Å²) in [4.78, 5) is -0.101. The van der Waals surface area contributed by atoms with Crippen LogP contribution >= 0.6 is 23.2 Å². The summed E-state index contributed by atoms with van der Waals surface area (Å²) in [5, 5.41) is 0.0813. The molecule has 0 aromatic heterocycles. The molecule has 7 heteroatoms. The molecule has 0 atom stereocenters. The van der Waals surface area contributed by atoms with Crippen LogP contribution in [0.4, 0.5) is 5.69 Å². The minimum Gasteiger partial charge on any atom is -0.399 e. The first kappa shape index (κ1) is 13.9. The fourth-order valence-electron chi connectivity index (χ4n) is 1.71. The first-order valence-corrected chi connectivity index (χ1v) is 7.88. The molecule has 1 aromatic carbocycles. The van der Waals surface area contributed by atoms with Gasteiger partial charge in [0.25, 0.3) is 0 Å². The number of rotatable bonds is 5. The van der Waals surface area contributed by atoms with Gasteiger partial charge in [-0.3, -0.25) is 0 Å². The lowest BCUT2D eigenvalue weighted by atomic mass is 10.3. The Morgan fingerprint density at radius 3 is 2.33 bits per heavy atom. The van der Waals surface area contributed by atoms with E-state index in [1.54, 1.807) is 0 Å². The summed E-state index contributed by atoms with van der Waals surface area (Å²) in [5.74, 6) is 0.657. The molecule has 1 aromatic rings. The lowest BCUT2D eigenvalue weighted by molar-refractivity contribution is 0.575. The molecular formula is C11H14Cl2N2O2S. The highest BCUT2D eigenvalue weighted by Gasteiger charge is 2.24. The molecule has 0 unspecified atom stereocenters. The molecule has 0 heterocycles. The molecule has 0 saturated heterocycles. The summed E-state index contributed by atoms with van der Waals surface area (Å²) in [5.41, 5.74) is 5.87. The van der Waals surface area contributed by atoms with Gasteiger partial charge in [0.1, 0.15) is 4.90 Å². The third-order valence-corrected chi connectivity index (χ3v) is 5.21. The van der Waals surface area contributed by atoms with E-state index in [-0.39, 0.29) is 14.9 Å². The fourth-order valence-corrected chi connectivity index (χ4v) is 3.99. The van der Waals surface area contributed by atoms with E-state index in [1.807, 2.05) is 0 Å². The van der Waals surface area contributed by atoms with Crippen molar-refractivity contribution in [1.82, 2.24) is 4.72 Å². The number of hydrogen-bond acceptors (Lipinski definition) is 3. The van der Waals surface area contributed by atoms with Crippen LogP contribution in [0.2, 0.25) is 10.0 Å². The third kappa shape index (κ3) is 3.29. The van der Waals surface area contributed by atoms with Gasteiger partial charge in [-0.25, -0.2) is 13.1 Å². The smallest absolute Gasteiger partial charge is 0.243 e. The molecule has 1 fully saturated rings. The van der Waals surface area contributed by atoms with E-state index in [2.05, 4.69) is 4.72 Å². The van der Waals surface area contributed by atoms with Crippen molar-refractivity contribution in [3.05, 3.63) is 22.2 Å². The van der Waals surface area contributed by atoms with Crippen LogP contribution < -0.4 is 10.5 Å². The highest BCUT2D eigenvalue weighted by molar-refractivity contribution is 7.89. The summed E-state index contributed by atoms with van der Waals surface area (Å²) in [6, 6.07) is 2.76. The predicted octanol–water partition coefficient (Wildman–Crippen LogP) is 2.65. The average Bonchev–Trinajstić information content (AvgIpc) is 2.98. The van der Waals surface area contributed by atoms with E-state index in [0.29, 0.717) is 18.2 Å². The summed E-state index contributed by atoms with van der Waals surface area (Å²) >= 11 is 11.8. The zero-order chi connectivity index (χ0) is 13.3. The first-order valence-electron chi connectivity index (χ1n) is 5.64. The van der Waals surface area contributed by atoms with Crippen molar-refractivity contribution in [3.8, 4) is 0 Å². The molecule has 0 spiro atoms. The van der Waals surface area contributed by atoms with Gasteiger partial charge >= 0.3 is 0 Å². The van der Waals surface area contributed by atoms with Gasteiger partial charge in [-0.1, -0.05) is 36.0 Å². The maximum Gasteiger partial charge on any atom is 0.243 e. The third-order valence-electron chi connectivity index (χ3n) is 2.83. The zero-order valence-electron chi connectivity index (χ0n) is 9.62. The van der Waals surface area contributed by atoms with Crippen molar-refractivity contribution in [2.45, 2.75) is 24.2 Å². The number of nitrogens with one attached hydrogen (secondary N) is 1. The van der Waals surface area contributed by atoms with E-state index < -0.39 is 10.0 Å². The van der Waals surface area contributed by atoms with Gasteiger partial charge in [0.05, 0.1) is 10.0 Å². The molecule has 18 heavy (non-hydrogen) atoms. The molecule has 1 aliphatic rings. The van der Waals surface area contributed by atoms with E-state index in [4.69, 9.17) is 28.9 Å². The normalized spacial score (nSPS) is 15.9. The molecular weight excluding hydrogens is 295 g/mol. The summed E-state index contributed by atoms with van der Waals surface area (Å²) < 4.78 is 26.6. The summed E-state index contributed by atoms with van der Waals surface area (Å²) in [6.07, 6.45) is 3.22. The van der Waals surface area contributed by atoms with Gasteiger partial charge in [-0.05, 0) is 24.5 Å². The molecule has 0 amide bonds. The number of sulfonamides is 1. The van der Waals surface area contributed by atoms with Crippen LogP contribution in [-0.4, -0.2) is 15.0 Å². The Kier molecular flexibility index (Phi) is 4.06. The van der Waals surface area contributed by atoms with Gasteiger partial charge in [0.2, 0.25) is 10.0 Å². The Morgan fingerprint density at radius 2 is 1.83 bits per heavy atom. The average molecular weight is 309 g/mol. The van der Waals surface area contributed by atoms with E-state index >= 15 is 0 Å². The maximum absolute atomic E-state index is 12.1. The number of nitrogen functional groups attached to an aromatic ring is 1. The lowest BCUT2D eigenvalue weighted by Gasteiger charge is -2.10. The number of nitrogens with two attached hydrogens (primary N) is 1. The fraction of sp³-hybridized carbons (Fsp3) is 0.455. The first-order chi connectivity index (χ1) is 8.40. The van der Waals surface area contributed by atoms with Crippen LogP contribution in [-0.2, 0) is 10.0 Å². The zero-order valence-corrected chi connectivity index (χ0v) is 11.9. The van der Waals surface area contributed by atoms with Gasteiger partial charge < -0.3 is 5.73 Å². The second-order valence-corrected chi connectivity index (χ2v) is 6.96. The highest BCUT2D eigenvalue weighted by Crippen LogP contribution is 2.33. The number of halogens is 2. The quantitative estimate of drug-likeness (QED) is 0.821. The monoisotopic (exact) mass is 308 g/mol. The molecule has 1 saturated carbocycles. The molecule has 100 valence electrons. The molecule has 0 bridgehead atoms. The van der Waals surface area contributed by atoms with Crippen molar-refractivity contribution >= 4 is 38.9 Å². The van der Waals surface area contributed by atoms with Gasteiger partial charge in [-0.15, -0.1) is 0 Å². The maximum atomic E-state index is 12.1.